The van der Waals surface area contributed by atoms with Crippen molar-refractivity contribution in [3.63, 3.8) is 0 Å². The largest absolute Gasteiger partial charge is 0.366 e. The molecule has 5 aromatic rings. The molecule has 0 saturated carbocycles. The highest BCUT2D eigenvalue weighted by atomic mass is 16.2. The van der Waals surface area contributed by atoms with Crippen molar-refractivity contribution in [3.8, 4) is 11.1 Å². The van der Waals surface area contributed by atoms with Crippen LogP contribution in [0.1, 0.15) is 37.4 Å². The fourth-order valence-corrected chi connectivity index (χ4v) is 6.02. The van der Waals surface area contributed by atoms with Crippen LogP contribution in [0.25, 0.3) is 32.9 Å². The van der Waals surface area contributed by atoms with Gasteiger partial charge >= 0.3 is 6.03 Å². The molecule has 0 radical (unpaired) electrons. The summed E-state index contributed by atoms with van der Waals surface area (Å²) in [5, 5.41) is 4.55. The molecular formula is C31H26N6O3. The van der Waals surface area contributed by atoms with Gasteiger partial charge in [0.25, 0.3) is 11.8 Å². The molecule has 9 nitrogen and oxygen atoms in total. The molecule has 198 valence electrons. The maximum absolute atomic E-state index is 13.3. The Labute approximate surface area is 229 Å². The number of carbonyl (C=O) groups excluding carboxylic acids is 3. The smallest absolute Gasteiger partial charge is 0.321 e. The summed E-state index contributed by atoms with van der Waals surface area (Å²) in [4.78, 5) is 49.4. The number of pyridine rings is 1. The third kappa shape index (κ3) is 3.47. The zero-order valence-electron chi connectivity index (χ0n) is 22.0. The van der Waals surface area contributed by atoms with E-state index < -0.39 is 5.91 Å². The summed E-state index contributed by atoms with van der Waals surface area (Å²) in [6, 6.07) is 15.1. The molecular weight excluding hydrogens is 504 g/mol. The molecule has 3 aromatic carbocycles. The van der Waals surface area contributed by atoms with E-state index in [2.05, 4.69) is 21.4 Å². The average molecular weight is 531 g/mol. The van der Waals surface area contributed by atoms with E-state index in [4.69, 9.17) is 5.73 Å². The number of aryl methyl sites for hydroxylation is 1. The van der Waals surface area contributed by atoms with E-state index in [1.54, 1.807) is 28.3 Å². The maximum atomic E-state index is 13.3. The number of anilines is 2. The predicted molar refractivity (Wildman–Crippen MR) is 155 cm³/mol. The van der Waals surface area contributed by atoms with Crippen LogP contribution in [-0.4, -0.2) is 40.9 Å². The van der Waals surface area contributed by atoms with E-state index in [0.717, 1.165) is 55.5 Å². The lowest BCUT2D eigenvalue weighted by Gasteiger charge is -2.20. The average Bonchev–Trinajstić information content (AvgIpc) is 3.62. The minimum absolute atomic E-state index is 0.0446. The van der Waals surface area contributed by atoms with Crippen molar-refractivity contribution in [3.05, 3.63) is 88.7 Å². The molecule has 40 heavy (non-hydrogen) atoms. The number of primary amides is 1. The number of carbonyl (C=O) groups is 3. The second-order valence-electron chi connectivity index (χ2n) is 10.4. The first kappa shape index (κ1) is 23.9. The second-order valence-corrected chi connectivity index (χ2v) is 10.4. The number of benzene rings is 3. The van der Waals surface area contributed by atoms with Gasteiger partial charge in [-0.3, -0.25) is 19.5 Å². The van der Waals surface area contributed by atoms with Gasteiger partial charge in [0, 0.05) is 52.4 Å². The first-order valence-electron chi connectivity index (χ1n) is 13.1. The number of urea groups is 1. The zero-order valence-corrected chi connectivity index (χ0v) is 22.0. The molecule has 2 aliphatic heterocycles. The molecule has 4 heterocycles. The van der Waals surface area contributed by atoms with Crippen LogP contribution in [0, 0.1) is 13.8 Å². The van der Waals surface area contributed by atoms with Gasteiger partial charge < -0.3 is 20.9 Å². The lowest BCUT2D eigenvalue weighted by atomic mass is 9.94. The number of nitrogens with one attached hydrogen (secondary N) is 2. The Balaban J connectivity index is 1.40. The summed E-state index contributed by atoms with van der Waals surface area (Å²) in [6.45, 7) is 5.66. The van der Waals surface area contributed by atoms with Crippen molar-refractivity contribution < 1.29 is 14.4 Å². The monoisotopic (exact) mass is 530 g/mol. The Morgan fingerprint density at radius 1 is 0.950 bits per heavy atom. The quantitative estimate of drug-likeness (QED) is 0.309. The Kier molecular flexibility index (Phi) is 5.18. The SMILES string of the molecule is Cc1ccc2c(c1)CN(c1cncc(-c3ccc(C(N)=O)c4[nH]c5cc(N6CCNC6=O)ccc5c34)c1C)C2=O. The third-order valence-electron chi connectivity index (χ3n) is 8.01. The van der Waals surface area contributed by atoms with Crippen LogP contribution in [0.4, 0.5) is 16.2 Å². The lowest BCUT2D eigenvalue weighted by molar-refractivity contribution is 0.0990. The second kappa shape index (κ2) is 8.67. The first-order chi connectivity index (χ1) is 19.3. The third-order valence-corrected chi connectivity index (χ3v) is 8.01. The highest BCUT2D eigenvalue weighted by molar-refractivity contribution is 6.20. The molecule has 1 saturated heterocycles. The fraction of sp³-hybridized carbons (Fsp3) is 0.161. The number of aromatic amines is 1. The molecule has 0 bridgehead atoms. The number of H-pyrrole nitrogens is 1. The van der Waals surface area contributed by atoms with Gasteiger partial charge in [-0.25, -0.2) is 4.79 Å². The van der Waals surface area contributed by atoms with Gasteiger partial charge in [0.05, 0.1) is 29.5 Å². The number of aromatic nitrogens is 2. The summed E-state index contributed by atoms with van der Waals surface area (Å²) in [5.41, 5.74) is 14.5. The van der Waals surface area contributed by atoms with Crippen molar-refractivity contribution >= 4 is 51.0 Å². The van der Waals surface area contributed by atoms with E-state index in [1.807, 2.05) is 50.2 Å². The molecule has 2 aliphatic rings. The van der Waals surface area contributed by atoms with Crippen molar-refractivity contribution in [1.29, 1.82) is 0 Å². The molecule has 9 heteroatoms. The Morgan fingerprint density at radius 3 is 2.55 bits per heavy atom. The van der Waals surface area contributed by atoms with Crippen LogP contribution in [0.15, 0.2) is 60.9 Å². The lowest BCUT2D eigenvalue weighted by Crippen LogP contribution is -2.27. The van der Waals surface area contributed by atoms with Crippen LogP contribution in [0.3, 0.4) is 0 Å². The van der Waals surface area contributed by atoms with Gasteiger partial charge in [-0.15, -0.1) is 0 Å². The van der Waals surface area contributed by atoms with Gasteiger partial charge in [0.2, 0.25) is 0 Å². The predicted octanol–water partition coefficient (Wildman–Crippen LogP) is 4.79. The number of nitrogens with zero attached hydrogens (tertiary/aromatic N) is 3. The molecule has 0 unspecified atom stereocenters. The normalized spacial score (nSPS) is 14.8. The van der Waals surface area contributed by atoms with Crippen LogP contribution in [0.5, 0.6) is 0 Å². The Bertz CT molecular complexity index is 1920. The van der Waals surface area contributed by atoms with Crippen LogP contribution >= 0.6 is 0 Å². The fourth-order valence-electron chi connectivity index (χ4n) is 6.02. The minimum Gasteiger partial charge on any atom is -0.366 e. The standard InChI is InChI=1S/C31H26N6O3/c1-16-3-5-20-18(11-16)15-37(30(20)39)26-14-33-13-24(17(26)2)21-7-8-23(29(32)38)28-27(21)22-6-4-19(12-25(22)35-28)36-10-9-34-31(36)40/h3-8,11-14,35H,9-10,15H2,1-2H3,(H2,32,38)(H,34,40). The van der Waals surface area contributed by atoms with E-state index in [-0.39, 0.29) is 11.9 Å². The van der Waals surface area contributed by atoms with Crippen LogP contribution < -0.4 is 20.9 Å². The van der Waals surface area contributed by atoms with Crippen molar-refractivity contribution in [2.75, 3.05) is 22.9 Å². The van der Waals surface area contributed by atoms with E-state index >= 15 is 0 Å². The zero-order chi connectivity index (χ0) is 27.7. The molecule has 0 atom stereocenters. The molecule has 0 aliphatic carbocycles. The summed E-state index contributed by atoms with van der Waals surface area (Å²) in [7, 11) is 0. The first-order valence-corrected chi connectivity index (χ1v) is 13.1. The summed E-state index contributed by atoms with van der Waals surface area (Å²) < 4.78 is 0. The number of fused-ring (bicyclic) bond motifs is 4. The summed E-state index contributed by atoms with van der Waals surface area (Å²) >= 11 is 0. The maximum Gasteiger partial charge on any atom is 0.321 e. The summed E-state index contributed by atoms with van der Waals surface area (Å²) in [6.07, 6.45) is 3.52. The van der Waals surface area contributed by atoms with Gasteiger partial charge in [0.1, 0.15) is 0 Å². The number of hydrogen-bond donors (Lipinski definition) is 3. The highest BCUT2D eigenvalue weighted by Crippen LogP contribution is 2.41. The van der Waals surface area contributed by atoms with Crippen LogP contribution in [0.2, 0.25) is 0 Å². The molecule has 4 N–H and O–H groups in total. The van der Waals surface area contributed by atoms with Gasteiger partial charge in [0.15, 0.2) is 0 Å². The summed E-state index contributed by atoms with van der Waals surface area (Å²) in [5.74, 6) is -0.585. The molecule has 7 rings (SSSR count). The van der Waals surface area contributed by atoms with E-state index in [0.29, 0.717) is 36.3 Å². The van der Waals surface area contributed by atoms with Crippen LogP contribution in [-0.2, 0) is 6.54 Å². The van der Waals surface area contributed by atoms with Crippen molar-refractivity contribution in [2.45, 2.75) is 20.4 Å². The molecule has 1 fully saturated rings. The van der Waals surface area contributed by atoms with Crippen molar-refractivity contribution in [1.82, 2.24) is 15.3 Å². The minimum atomic E-state index is -0.540. The number of rotatable bonds is 4. The van der Waals surface area contributed by atoms with Crippen molar-refractivity contribution in [2.24, 2.45) is 5.73 Å². The Morgan fingerprint density at radius 2 is 1.77 bits per heavy atom. The molecule has 0 spiro atoms. The number of hydrogen-bond acceptors (Lipinski definition) is 4. The van der Waals surface area contributed by atoms with E-state index in [9.17, 15) is 14.4 Å². The number of amides is 4. The highest BCUT2D eigenvalue weighted by Gasteiger charge is 2.30. The number of nitrogens with two attached hydrogens (primary N) is 1. The molecule has 2 aromatic heterocycles. The molecule has 4 amide bonds. The van der Waals surface area contributed by atoms with Gasteiger partial charge in [-0.05, 0) is 54.8 Å². The Hall–Kier alpha value is -5.18. The topological polar surface area (TPSA) is 124 Å². The van der Waals surface area contributed by atoms with Gasteiger partial charge in [-0.2, -0.15) is 0 Å². The van der Waals surface area contributed by atoms with Gasteiger partial charge in [-0.1, -0.05) is 29.8 Å². The van der Waals surface area contributed by atoms with E-state index in [1.165, 1.54) is 0 Å².